The van der Waals surface area contributed by atoms with Gasteiger partial charge in [0.1, 0.15) is 5.82 Å². The van der Waals surface area contributed by atoms with E-state index in [1.54, 1.807) is 18.2 Å². The molecule has 102 valence electrons. The highest BCUT2D eigenvalue weighted by Gasteiger charge is 2.06. The summed E-state index contributed by atoms with van der Waals surface area (Å²) in [6.45, 7) is 0. The van der Waals surface area contributed by atoms with Gasteiger partial charge in [-0.1, -0.05) is 17.7 Å². The zero-order valence-electron chi connectivity index (χ0n) is 10.0. The molecule has 5 nitrogen and oxygen atoms in total. The third-order valence-corrected chi connectivity index (χ3v) is 3.41. The average Bonchev–Trinajstić information content (AvgIpc) is 2.82. The summed E-state index contributed by atoms with van der Waals surface area (Å²) >= 11 is 7.12. The molecule has 0 aliphatic carbocycles. The van der Waals surface area contributed by atoms with Gasteiger partial charge in [0.2, 0.25) is 5.91 Å². The number of halogens is 1. The van der Waals surface area contributed by atoms with Crippen LogP contribution in [0.15, 0.2) is 36.4 Å². The van der Waals surface area contributed by atoms with Crippen LogP contribution < -0.4 is 5.32 Å². The Labute approximate surface area is 123 Å². The number of anilines is 1. The number of pyridine rings is 1. The molecule has 0 bridgehead atoms. The third-order valence-electron chi connectivity index (χ3n) is 2.21. The fourth-order valence-corrected chi connectivity index (χ4v) is 2.33. The van der Waals surface area contributed by atoms with Crippen molar-refractivity contribution in [2.24, 2.45) is 0 Å². The molecule has 0 saturated heterocycles. The number of carboxylic acids is 1. The van der Waals surface area contributed by atoms with Gasteiger partial charge in [-0.2, -0.15) is 0 Å². The molecule has 0 fully saturated rings. The number of aromatic carboxylic acids is 1. The van der Waals surface area contributed by atoms with Crippen LogP contribution in [0.4, 0.5) is 5.82 Å². The normalized spacial score (nSPS) is 10.7. The minimum atomic E-state index is -1.15. The zero-order valence-corrected chi connectivity index (χ0v) is 11.6. The highest BCUT2D eigenvalue weighted by molar-refractivity contribution is 7.17. The van der Waals surface area contributed by atoms with Gasteiger partial charge in [0, 0.05) is 11.0 Å². The molecule has 2 aromatic heterocycles. The smallest absolute Gasteiger partial charge is 0.354 e. The number of carboxylic acid groups (broad SMARTS) is 1. The molecule has 0 aliphatic heterocycles. The second-order valence-corrected chi connectivity index (χ2v) is 5.42. The molecular weight excluding hydrogens is 300 g/mol. The van der Waals surface area contributed by atoms with Crippen molar-refractivity contribution < 1.29 is 14.7 Å². The van der Waals surface area contributed by atoms with Gasteiger partial charge >= 0.3 is 5.97 Å². The molecule has 2 N–H and O–H groups in total. The van der Waals surface area contributed by atoms with Crippen molar-refractivity contribution in [3.63, 3.8) is 0 Å². The number of thiophene rings is 1. The second kappa shape index (κ2) is 6.31. The summed E-state index contributed by atoms with van der Waals surface area (Å²) in [6, 6.07) is 7.90. The number of rotatable bonds is 4. The maximum Gasteiger partial charge on any atom is 0.354 e. The molecule has 0 atom stereocenters. The van der Waals surface area contributed by atoms with Crippen LogP contribution in [-0.4, -0.2) is 22.0 Å². The minimum absolute atomic E-state index is 0.128. The largest absolute Gasteiger partial charge is 0.477 e. The van der Waals surface area contributed by atoms with Crippen LogP contribution in [0.1, 0.15) is 15.4 Å². The zero-order chi connectivity index (χ0) is 14.5. The Hall–Kier alpha value is -2.18. The summed E-state index contributed by atoms with van der Waals surface area (Å²) in [6.07, 6.45) is 2.95. The molecule has 0 spiro atoms. The molecule has 2 aromatic rings. The van der Waals surface area contributed by atoms with E-state index >= 15 is 0 Å². The van der Waals surface area contributed by atoms with Crippen LogP contribution in [0.5, 0.6) is 0 Å². The SMILES string of the molecule is O=C(C=Cc1ccc(Cl)s1)Nc1cccc(C(=O)O)n1. The minimum Gasteiger partial charge on any atom is -0.477 e. The first kappa shape index (κ1) is 14.2. The molecule has 0 aromatic carbocycles. The molecule has 0 saturated carbocycles. The fourth-order valence-electron chi connectivity index (χ4n) is 1.37. The van der Waals surface area contributed by atoms with Crippen LogP contribution in [-0.2, 0) is 4.79 Å². The maximum absolute atomic E-state index is 11.7. The van der Waals surface area contributed by atoms with E-state index in [1.807, 2.05) is 0 Å². The molecule has 1 amide bonds. The summed E-state index contributed by atoms with van der Waals surface area (Å²) < 4.78 is 0.640. The average molecular weight is 309 g/mol. The van der Waals surface area contributed by atoms with Crippen molar-refractivity contribution in [2.45, 2.75) is 0 Å². The number of hydrogen-bond donors (Lipinski definition) is 2. The highest BCUT2D eigenvalue weighted by atomic mass is 35.5. The predicted octanol–water partition coefficient (Wildman–Crippen LogP) is 3.15. The number of nitrogens with one attached hydrogen (secondary N) is 1. The first-order chi connectivity index (χ1) is 9.54. The van der Waals surface area contributed by atoms with Crippen molar-refractivity contribution in [1.29, 1.82) is 0 Å². The van der Waals surface area contributed by atoms with Crippen molar-refractivity contribution >= 4 is 46.7 Å². The summed E-state index contributed by atoms with van der Waals surface area (Å²) in [5.41, 5.74) is -0.128. The molecule has 7 heteroatoms. The van der Waals surface area contributed by atoms with Crippen LogP contribution in [0.2, 0.25) is 4.34 Å². The van der Waals surface area contributed by atoms with E-state index in [1.165, 1.54) is 35.6 Å². The lowest BCUT2D eigenvalue weighted by molar-refractivity contribution is -0.111. The third kappa shape index (κ3) is 3.91. The number of carbonyl (C=O) groups excluding carboxylic acids is 1. The van der Waals surface area contributed by atoms with Gasteiger partial charge in [-0.15, -0.1) is 11.3 Å². The summed E-state index contributed by atoms with van der Waals surface area (Å²) in [5, 5.41) is 11.3. The van der Waals surface area contributed by atoms with Gasteiger partial charge in [-0.25, -0.2) is 9.78 Å². The molecule has 0 unspecified atom stereocenters. The lowest BCUT2D eigenvalue weighted by Crippen LogP contribution is -2.11. The summed E-state index contributed by atoms with van der Waals surface area (Å²) in [7, 11) is 0. The Kier molecular flexibility index (Phi) is 4.49. The van der Waals surface area contributed by atoms with Crippen LogP contribution in [0, 0.1) is 0 Å². The lowest BCUT2D eigenvalue weighted by atomic mass is 10.3. The predicted molar refractivity (Wildman–Crippen MR) is 78.2 cm³/mol. The van der Waals surface area contributed by atoms with Crippen molar-refractivity contribution in [2.75, 3.05) is 5.32 Å². The van der Waals surface area contributed by atoms with Gasteiger partial charge < -0.3 is 10.4 Å². The van der Waals surface area contributed by atoms with E-state index in [2.05, 4.69) is 10.3 Å². The molecular formula is C13H9ClN2O3S. The number of hydrogen-bond acceptors (Lipinski definition) is 4. The van der Waals surface area contributed by atoms with E-state index in [4.69, 9.17) is 16.7 Å². The number of carbonyl (C=O) groups is 2. The Morgan fingerprint density at radius 1 is 1.30 bits per heavy atom. The fraction of sp³-hybridized carbons (Fsp3) is 0. The Bertz CT molecular complexity index is 682. The molecule has 20 heavy (non-hydrogen) atoms. The standard InChI is InChI=1S/C13H9ClN2O3S/c14-10-6-4-8(20-10)5-7-12(17)16-11-3-1-2-9(15-11)13(18)19/h1-7H,(H,18,19)(H,15,16,17). The quantitative estimate of drug-likeness (QED) is 0.850. The van der Waals surface area contributed by atoms with E-state index < -0.39 is 11.9 Å². The van der Waals surface area contributed by atoms with Crippen LogP contribution in [0.3, 0.4) is 0 Å². The molecule has 0 radical (unpaired) electrons. The number of amides is 1. The van der Waals surface area contributed by atoms with Gasteiger partial charge in [0.15, 0.2) is 5.69 Å². The van der Waals surface area contributed by atoms with Crippen molar-refractivity contribution in [3.05, 3.63) is 51.3 Å². The summed E-state index contributed by atoms with van der Waals surface area (Å²) in [5.74, 6) is -1.36. The van der Waals surface area contributed by atoms with Crippen LogP contribution >= 0.6 is 22.9 Å². The van der Waals surface area contributed by atoms with Crippen molar-refractivity contribution in [3.8, 4) is 0 Å². The second-order valence-electron chi connectivity index (χ2n) is 3.68. The Morgan fingerprint density at radius 3 is 2.75 bits per heavy atom. The Morgan fingerprint density at radius 2 is 2.10 bits per heavy atom. The number of aromatic nitrogens is 1. The van der Waals surface area contributed by atoms with E-state index in [9.17, 15) is 9.59 Å². The molecule has 0 aliphatic rings. The van der Waals surface area contributed by atoms with E-state index in [0.717, 1.165) is 4.88 Å². The first-order valence-corrected chi connectivity index (χ1v) is 6.69. The van der Waals surface area contributed by atoms with E-state index in [-0.39, 0.29) is 11.5 Å². The van der Waals surface area contributed by atoms with E-state index in [0.29, 0.717) is 4.34 Å². The van der Waals surface area contributed by atoms with Gasteiger partial charge in [0.25, 0.3) is 0 Å². The van der Waals surface area contributed by atoms with Gasteiger partial charge in [-0.05, 0) is 30.3 Å². The Balaban J connectivity index is 2.02. The molecule has 2 rings (SSSR count). The number of nitrogens with zero attached hydrogens (tertiary/aromatic N) is 1. The maximum atomic E-state index is 11.7. The van der Waals surface area contributed by atoms with Gasteiger partial charge in [0.05, 0.1) is 4.34 Å². The monoisotopic (exact) mass is 308 g/mol. The van der Waals surface area contributed by atoms with Crippen LogP contribution in [0.25, 0.3) is 6.08 Å². The van der Waals surface area contributed by atoms with Crippen molar-refractivity contribution in [1.82, 2.24) is 4.98 Å². The first-order valence-electron chi connectivity index (χ1n) is 5.49. The van der Waals surface area contributed by atoms with Gasteiger partial charge in [-0.3, -0.25) is 4.79 Å². The lowest BCUT2D eigenvalue weighted by Gasteiger charge is -2.01. The summed E-state index contributed by atoms with van der Waals surface area (Å²) in [4.78, 5) is 27.0. The molecule has 2 heterocycles. The topological polar surface area (TPSA) is 79.3 Å². The highest BCUT2D eigenvalue weighted by Crippen LogP contribution is 2.22.